The first-order chi connectivity index (χ1) is 10.1. The number of nitrogens with one attached hydrogen (secondary N) is 1. The topological polar surface area (TPSA) is 52.7 Å². The summed E-state index contributed by atoms with van der Waals surface area (Å²) in [4.78, 5) is 27.5. The molecule has 1 N–H and O–H groups in total. The number of benzene rings is 1. The molecule has 0 aromatic heterocycles. The summed E-state index contributed by atoms with van der Waals surface area (Å²) in [5.74, 6) is 0.0543. The molecule has 1 saturated heterocycles. The number of carbonyl (C=O) groups excluding carboxylic acids is 2. The predicted octanol–water partition coefficient (Wildman–Crippen LogP) is 1.76. The number of hydrogen-bond acceptors (Lipinski definition) is 2. The number of carbonyl (C=O) groups is 2. The van der Waals surface area contributed by atoms with Gasteiger partial charge in [0.05, 0.1) is 6.42 Å². The zero-order valence-electron chi connectivity index (χ0n) is 12.1. The highest BCUT2D eigenvalue weighted by molar-refractivity contribution is 6.31. The summed E-state index contributed by atoms with van der Waals surface area (Å²) in [6, 6.07) is 7.32. The van der Waals surface area contributed by atoms with Gasteiger partial charge in [-0.1, -0.05) is 29.8 Å². The van der Waals surface area contributed by atoms with Crippen LogP contribution in [-0.2, 0) is 11.2 Å². The Bertz CT molecular complexity index is 513. The number of hydrogen-bond donors (Lipinski definition) is 1. The summed E-state index contributed by atoms with van der Waals surface area (Å²) in [5.41, 5.74) is 0.843. The standard InChI is InChI=1S/C15H20ClN3O2/c1-2-17-15(21)19-9-7-18(8-10-19)14(20)11-12-5-3-4-6-13(12)16/h3-6H,2,7-11H2,1H3,(H,17,21). The first-order valence-corrected chi connectivity index (χ1v) is 7.53. The van der Waals surface area contributed by atoms with E-state index < -0.39 is 0 Å². The molecule has 1 aromatic rings. The molecule has 0 radical (unpaired) electrons. The first kappa shape index (κ1) is 15.6. The van der Waals surface area contributed by atoms with Gasteiger partial charge in [-0.05, 0) is 18.6 Å². The Hall–Kier alpha value is -1.75. The summed E-state index contributed by atoms with van der Waals surface area (Å²) in [7, 11) is 0. The van der Waals surface area contributed by atoms with Crippen LogP contribution in [0.5, 0.6) is 0 Å². The van der Waals surface area contributed by atoms with Gasteiger partial charge in [-0.15, -0.1) is 0 Å². The van der Waals surface area contributed by atoms with Gasteiger partial charge in [-0.25, -0.2) is 4.79 Å². The SMILES string of the molecule is CCNC(=O)N1CCN(C(=O)Cc2ccccc2Cl)CC1. The van der Waals surface area contributed by atoms with E-state index in [2.05, 4.69) is 5.32 Å². The minimum atomic E-state index is -0.0595. The largest absolute Gasteiger partial charge is 0.339 e. The maximum atomic E-state index is 12.3. The van der Waals surface area contributed by atoms with Crippen molar-refractivity contribution in [1.82, 2.24) is 15.1 Å². The van der Waals surface area contributed by atoms with Gasteiger partial charge in [-0.3, -0.25) is 4.79 Å². The highest BCUT2D eigenvalue weighted by Crippen LogP contribution is 2.16. The van der Waals surface area contributed by atoms with E-state index in [1.165, 1.54) is 0 Å². The van der Waals surface area contributed by atoms with Crippen LogP contribution >= 0.6 is 11.6 Å². The Morgan fingerprint density at radius 2 is 1.76 bits per heavy atom. The molecule has 0 saturated carbocycles. The molecule has 0 unspecified atom stereocenters. The highest BCUT2D eigenvalue weighted by atomic mass is 35.5. The van der Waals surface area contributed by atoms with Crippen LogP contribution in [0.3, 0.4) is 0 Å². The van der Waals surface area contributed by atoms with Gasteiger partial charge in [0.25, 0.3) is 0 Å². The van der Waals surface area contributed by atoms with E-state index in [1.807, 2.05) is 25.1 Å². The normalized spacial score (nSPS) is 15.0. The van der Waals surface area contributed by atoms with Crippen molar-refractivity contribution in [2.24, 2.45) is 0 Å². The average Bonchev–Trinajstić information content (AvgIpc) is 2.50. The Kier molecular flexibility index (Phi) is 5.44. The van der Waals surface area contributed by atoms with Gasteiger partial charge in [-0.2, -0.15) is 0 Å². The monoisotopic (exact) mass is 309 g/mol. The fraction of sp³-hybridized carbons (Fsp3) is 0.467. The van der Waals surface area contributed by atoms with Crippen molar-refractivity contribution < 1.29 is 9.59 Å². The number of nitrogens with zero attached hydrogens (tertiary/aromatic N) is 2. The summed E-state index contributed by atoms with van der Waals surface area (Å²) in [6.45, 7) is 4.78. The Morgan fingerprint density at radius 3 is 2.38 bits per heavy atom. The van der Waals surface area contributed by atoms with Crippen LogP contribution in [0.1, 0.15) is 12.5 Å². The quantitative estimate of drug-likeness (QED) is 0.925. The molecule has 1 aromatic carbocycles. The van der Waals surface area contributed by atoms with E-state index in [9.17, 15) is 9.59 Å². The van der Waals surface area contributed by atoms with E-state index in [0.717, 1.165) is 5.56 Å². The summed E-state index contributed by atoms with van der Waals surface area (Å²) < 4.78 is 0. The van der Waals surface area contributed by atoms with Crippen LogP contribution in [0.2, 0.25) is 5.02 Å². The Labute approximate surface area is 129 Å². The van der Waals surface area contributed by atoms with Crippen LogP contribution in [0, 0.1) is 0 Å². The van der Waals surface area contributed by atoms with Crippen molar-refractivity contribution in [1.29, 1.82) is 0 Å². The van der Waals surface area contributed by atoms with Crippen molar-refractivity contribution in [3.05, 3.63) is 34.9 Å². The van der Waals surface area contributed by atoms with E-state index >= 15 is 0 Å². The van der Waals surface area contributed by atoms with Crippen molar-refractivity contribution in [3.63, 3.8) is 0 Å². The lowest BCUT2D eigenvalue weighted by Crippen LogP contribution is -2.53. The van der Waals surface area contributed by atoms with E-state index in [0.29, 0.717) is 44.2 Å². The van der Waals surface area contributed by atoms with Gasteiger partial charge in [0.2, 0.25) is 5.91 Å². The molecule has 2 rings (SSSR count). The van der Waals surface area contributed by atoms with Gasteiger partial charge in [0.1, 0.15) is 0 Å². The maximum absolute atomic E-state index is 12.3. The molecule has 0 aliphatic carbocycles. The predicted molar refractivity (Wildman–Crippen MR) is 82.4 cm³/mol. The highest BCUT2D eigenvalue weighted by Gasteiger charge is 2.24. The van der Waals surface area contributed by atoms with Crippen LogP contribution < -0.4 is 5.32 Å². The van der Waals surface area contributed by atoms with Crippen molar-refractivity contribution in [2.45, 2.75) is 13.3 Å². The van der Waals surface area contributed by atoms with Gasteiger partial charge in [0, 0.05) is 37.7 Å². The lowest BCUT2D eigenvalue weighted by molar-refractivity contribution is -0.131. The smallest absolute Gasteiger partial charge is 0.317 e. The fourth-order valence-electron chi connectivity index (χ4n) is 2.34. The molecule has 1 heterocycles. The number of piperazine rings is 1. The molecule has 1 fully saturated rings. The van der Waals surface area contributed by atoms with Crippen LogP contribution in [-0.4, -0.2) is 54.5 Å². The second-order valence-electron chi connectivity index (χ2n) is 4.97. The molecular weight excluding hydrogens is 290 g/mol. The third-order valence-electron chi connectivity index (χ3n) is 3.55. The van der Waals surface area contributed by atoms with Crippen molar-refractivity contribution in [3.8, 4) is 0 Å². The molecule has 5 nitrogen and oxygen atoms in total. The zero-order valence-corrected chi connectivity index (χ0v) is 12.9. The zero-order chi connectivity index (χ0) is 15.2. The number of urea groups is 1. The molecule has 114 valence electrons. The average molecular weight is 310 g/mol. The van der Waals surface area contributed by atoms with Gasteiger partial charge < -0.3 is 15.1 Å². The molecule has 0 atom stereocenters. The summed E-state index contributed by atoms with van der Waals surface area (Å²) in [5, 5.41) is 3.39. The van der Waals surface area contributed by atoms with Gasteiger partial charge in [0.15, 0.2) is 0 Å². The maximum Gasteiger partial charge on any atom is 0.317 e. The molecule has 3 amide bonds. The number of halogens is 1. The summed E-state index contributed by atoms with van der Waals surface area (Å²) in [6.07, 6.45) is 0.306. The Balaban J connectivity index is 1.86. The Morgan fingerprint density at radius 1 is 1.14 bits per heavy atom. The molecule has 0 bridgehead atoms. The van der Waals surface area contributed by atoms with Crippen molar-refractivity contribution in [2.75, 3.05) is 32.7 Å². The van der Waals surface area contributed by atoms with Crippen LogP contribution in [0.15, 0.2) is 24.3 Å². The molecular formula is C15H20ClN3O2. The number of rotatable bonds is 3. The van der Waals surface area contributed by atoms with Crippen LogP contribution in [0.4, 0.5) is 4.79 Å². The van der Waals surface area contributed by atoms with Crippen LogP contribution in [0.25, 0.3) is 0 Å². The lowest BCUT2D eigenvalue weighted by Gasteiger charge is -2.34. The number of amides is 3. The molecule has 1 aliphatic heterocycles. The third kappa shape index (κ3) is 4.11. The minimum Gasteiger partial charge on any atom is -0.339 e. The van der Waals surface area contributed by atoms with Crippen molar-refractivity contribution >= 4 is 23.5 Å². The second kappa shape index (κ2) is 7.31. The summed E-state index contributed by atoms with van der Waals surface area (Å²) >= 11 is 6.07. The second-order valence-corrected chi connectivity index (χ2v) is 5.38. The third-order valence-corrected chi connectivity index (χ3v) is 3.92. The van der Waals surface area contributed by atoms with Gasteiger partial charge >= 0.3 is 6.03 Å². The molecule has 21 heavy (non-hydrogen) atoms. The minimum absolute atomic E-state index is 0.0543. The molecule has 1 aliphatic rings. The molecule has 0 spiro atoms. The fourth-order valence-corrected chi connectivity index (χ4v) is 2.54. The van der Waals surface area contributed by atoms with E-state index in [1.54, 1.807) is 15.9 Å². The lowest BCUT2D eigenvalue weighted by atomic mass is 10.1. The van der Waals surface area contributed by atoms with E-state index in [4.69, 9.17) is 11.6 Å². The first-order valence-electron chi connectivity index (χ1n) is 7.15. The molecule has 6 heteroatoms. The van der Waals surface area contributed by atoms with E-state index in [-0.39, 0.29) is 11.9 Å².